The van der Waals surface area contributed by atoms with Crippen LogP contribution in [0.1, 0.15) is 67.3 Å². The monoisotopic (exact) mass is 432 g/mol. The Labute approximate surface area is 191 Å². The molecule has 32 heavy (non-hydrogen) atoms. The van der Waals surface area contributed by atoms with Crippen molar-refractivity contribution in [3.8, 4) is 0 Å². The molecular weight excluding hydrogens is 398 g/mol. The number of nitrogens with two attached hydrogens (primary N) is 1. The van der Waals surface area contributed by atoms with Gasteiger partial charge in [0.15, 0.2) is 5.76 Å². The first-order valence-corrected chi connectivity index (χ1v) is 11.0. The van der Waals surface area contributed by atoms with E-state index in [1.54, 1.807) is 27.2 Å². The van der Waals surface area contributed by atoms with Gasteiger partial charge < -0.3 is 9.47 Å². The van der Waals surface area contributed by atoms with Crippen LogP contribution in [0.2, 0.25) is 0 Å². The Kier molecular flexibility index (Phi) is 6.73. The first-order chi connectivity index (χ1) is 15.1. The minimum absolute atomic E-state index is 0.169. The molecule has 4 nitrogen and oxygen atoms in total. The number of Topliss-reactive ketones (excluding diaryl/α,β-unsaturated/α-hetero) is 1. The molecule has 1 aliphatic carbocycles. The summed E-state index contributed by atoms with van der Waals surface area (Å²) < 4.78 is 11.1. The summed E-state index contributed by atoms with van der Waals surface area (Å²) in [6.45, 7) is 12.3. The van der Waals surface area contributed by atoms with Crippen LogP contribution in [0, 0.1) is 13.8 Å². The van der Waals surface area contributed by atoms with E-state index in [0.29, 0.717) is 17.2 Å². The SMILES string of the molecule is COC1=CC(=Cc2c(C)cc3cc(C)cc(C(C)C(C)=O)c3c2C(C)C)C(OC)=CC1=[NH2+]. The van der Waals surface area contributed by atoms with Gasteiger partial charge in [-0.3, -0.25) is 10.2 Å². The van der Waals surface area contributed by atoms with Crippen LogP contribution in [0.25, 0.3) is 16.8 Å². The third kappa shape index (κ3) is 4.27. The quantitative estimate of drug-likeness (QED) is 0.704. The number of aryl methyl sites for hydroxylation is 2. The lowest BCUT2D eigenvalue weighted by atomic mass is 9.81. The molecule has 2 aromatic carbocycles. The van der Waals surface area contributed by atoms with E-state index in [-0.39, 0.29) is 17.6 Å². The van der Waals surface area contributed by atoms with Crippen LogP contribution in [0.5, 0.6) is 0 Å². The van der Waals surface area contributed by atoms with E-state index < -0.39 is 0 Å². The van der Waals surface area contributed by atoms with Crippen LogP contribution in [0.4, 0.5) is 0 Å². The van der Waals surface area contributed by atoms with Crippen molar-refractivity contribution in [2.24, 2.45) is 0 Å². The highest BCUT2D eigenvalue weighted by molar-refractivity contribution is 6.06. The van der Waals surface area contributed by atoms with Gasteiger partial charge in [0.1, 0.15) is 11.5 Å². The molecule has 1 atom stereocenters. The predicted molar refractivity (Wildman–Crippen MR) is 132 cm³/mol. The zero-order valence-corrected chi connectivity index (χ0v) is 20.4. The minimum Gasteiger partial charge on any atom is -0.496 e. The number of allylic oxidation sites excluding steroid dienone is 2. The van der Waals surface area contributed by atoms with Gasteiger partial charge in [0.2, 0.25) is 5.71 Å². The molecule has 0 aliphatic heterocycles. The maximum Gasteiger partial charge on any atom is 0.242 e. The molecule has 0 spiro atoms. The van der Waals surface area contributed by atoms with E-state index in [1.807, 2.05) is 13.0 Å². The lowest BCUT2D eigenvalue weighted by Gasteiger charge is -2.23. The normalized spacial score (nSPS) is 16.3. The van der Waals surface area contributed by atoms with Gasteiger partial charge in [-0.2, -0.15) is 0 Å². The number of rotatable bonds is 6. The highest BCUT2D eigenvalue weighted by Gasteiger charge is 2.24. The summed E-state index contributed by atoms with van der Waals surface area (Å²) in [4.78, 5) is 12.4. The first kappa shape index (κ1) is 23.5. The summed E-state index contributed by atoms with van der Waals surface area (Å²) in [6, 6.07) is 6.59. The average Bonchev–Trinajstić information content (AvgIpc) is 2.73. The zero-order valence-electron chi connectivity index (χ0n) is 20.4. The fourth-order valence-corrected chi connectivity index (χ4v) is 4.49. The second-order valence-electron chi connectivity index (χ2n) is 8.94. The van der Waals surface area contributed by atoms with Crippen LogP contribution in [0.15, 0.2) is 47.4 Å². The molecule has 1 aliphatic rings. The average molecular weight is 433 g/mol. The van der Waals surface area contributed by atoms with E-state index in [9.17, 15) is 4.79 Å². The van der Waals surface area contributed by atoms with Crippen molar-refractivity contribution in [2.75, 3.05) is 14.2 Å². The largest absolute Gasteiger partial charge is 0.496 e. The van der Waals surface area contributed by atoms with E-state index >= 15 is 0 Å². The molecule has 0 amide bonds. The topological polar surface area (TPSA) is 61.1 Å². The van der Waals surface area contributed by atoms with Crippen molar-refractivity contribution in [2.45, 2.75) is 53.4 Å². The molecule has 4 heteroatoms. The Morgan fingerprint density at radius 2 is 1.66 bits per heavy atom. The van der Waals surface area contributed by atoms with Crippen molar-refractivity contribution < 1.29 is 19.7 Å². The van der Waals surface area contributed by atoms with Crippen LogP contribution in [0.3, 0.4) is 0 Å². The van der Waals surface area contributed by atoms with E-state index in [0.717, 1.165) is 22.3 Å². The van der Waals surface area contributed by atoms with Crippen molar-refractivity contribution in [1.29, 1.82) is 0 Å². The number of carbonyl (C=O) groups is 1. The predicted octanol–water partition coefficient (Wildman–Crippen LogP) is 4.93. The Bertz CT molecular complexity index is 1200. The van der Waals surface area contributed by atoms with Gasteiger partial charge >= 0.3 is 0 Å². The molecule has 0 bridgehead atoms. The molecule has 0 heterocycles. The van der Waals surface area contributed by atoms with E-state index in [4.69, 9.17) is 14.9 Å². The van der Waals surface area contributed by atoms with Crippen molar-refractivity contribution in [3.05, 3.63) is 75.3 Å². The summed E-state index contributed by atoms with van der Waals surface area (Å²) in [5.41, 5.74) is 7.24. The fourth-order valence-electron chi connectivity index (χ4n) is 4.49. The summed E-state index contributed by atoms with van der Waals surface area (Å²) in [5, 5.41) is 8.44. The van der Waals surface area contributed by atoms with Gasteiger partial charge in [-0.25, -0.2) is 0 Å². The zero-order chi connectivity index (χ0) is 23.7. The highest BCUT2D eigenvalue weighted by atomic mass is 16.5. The molecule has 1 unspecified atom stereocenters. The third-order valence-electron chi connectivity index (χ3n) is 6.24. The van der Waals surface area contributed by atoms with E-state index in [2.05, 4.69) is 52.0 Å². The summed E-state index contributed by atoms with van der Waals surface area (Å²) >= 11 is 0. The Morgan fingerprint density at radius 3 is 2.22 bits per heavy atom. The maximum absolute atomic E-state index is 12.4. The molecule has 2 N–H and O–H groups in total. The summed E-state index contributed by atoms with van der Waals surface area (Å²) in [6.07, 6.45) is 5.85. The number of benzene rings is 2. The number of ketones is 1. The molecule has 0 aromatic heterocycles. The van der Waals surface area contributed by atoms with Crippen LogP contribution >= 0.6 is 0 Å². The lowest BCUT2D eigenvalue weighted by Crippen LogP contribution is -2.41. The number of fused-ring (bicyclic) bond motifs is 1. The number of hydrogen-bond donors (Lipinski definition) is 1. The van der Waals surface area contributed by atoms with Gasteiger partial charge in [0, 0.05) is 11.5 Å². The first-order valence-electron chi connectivity index (χ1n) is 11.0. The minimum atomic E-state index is -0.170. The van der Waals surface area contributed by atoms with Gasteiger partial charge in [-0.1, -0.05) is 44.5 Å². The standard InChI is InChI=1S/C28H33NO3/c1-15(2)27-22(12-20-13-26(32-8)24(29)14-25(20)31-7)17(4)11-21-9-16(3)10-23(28(21)27)18(5)19(6)30/h9-15,18,29H,1-8H3/p+1. The Morgan fingerprint density at radius 1 is 1.00 bits per heavy atom. The van der Waals surface area contributed by atoms with Gasteiger partial charge in [-0.15, -0.1) is 0 Å². The molecule has 2 aromatic rings. The van der Waals surface area contributed by atoms with Crippen molar-refractivity contribution in [3.63, 3.8) is 0 Å². The second kappa shape index (κ2) is 9.15. The third-order valence-corrected chi connectivity index (χ3v) is 6.24. The maximum atomic E-state index is 12.4. The molecular formula is C28H34NO3+. The molecule has 0 saturated heterocycles. The van der Waals surface area contributed by atoms with Gasteiger partial charge in [-0.05, 0) is 71.9 Å². The lowest BCUT2D eigenvalue weighted by molar-refractivity contribution is -0.118. The molecule has 168 valence electrons. The van der Waals surface area contributed by atoms with Gasteiger partial charge in [0.25, 0.3) is 0 Å². The van der Waals surface area contributed by atoms with Crippen LogP contribution < -0.4 is 5.41 Å². The summed E-state index contributed by atoms with van der Waals surface area (Å²) in [5.74, 6) is 1.56. The molecule has 0 radical (unpaired) electrons. The number of carbonyl (C=O) groups excluding carboxylic acids is 1. The van der Waals surface area contributed by atoms with E-state index in [1.165, 1.54) is 21.9 Å². The Hall–Kier alpha value is -3.14. The Balaban J connectivity index is 2.41. The van der Waals surface area contributed by atoms with Crippen molar-refractivity contribution >= 4 is 28.3 Å². The molecule has 0 fully saturated rings. The summed E-state index contributed by atoms with van der Waals surface area (Å²) in [7, 11) is 3.26. The second-order valence-corrected chi connectivity index (χ2v) is 8.94. The smallest absolute Gasteiger partial charge is 0.242 e. The van der Waals surface area contributed by atoms with Gasteiger partial charge in [0.05, 0.1) is 20.3 Å². The number of ether oxygens (including phenoxy) is 2. The molecule has 0 saturated carbocycles. The van der Waals surface area contributed by atoms with Crippen LogP contribution in [-0.4, -0.2) is 25.7 Å². The molecule has 3 rings (SSSR count). The van der Waals surface area contributed by atoms with Crippen LogP contribution in [-0.2, 0) is 14.3 Å². The number of hydrogen-bond acceptors (Lipinski definition) is 3. The number of methoxy groups -OCH3 is 2. The fraction of sp³-hybridized carbons (Fsp3) is 0.357. The highest BCUT2D eigenvalue weighted by Crippen LogP contribution is 2.39. The van der Waals surface area contributed by atoms with Crippen molar-refractivity contribution in [1.82, 2.24) is 0 Å².